The van der Waals surface area contributed by atoms with Crippen LogP contribution in [-0.4, -0.2) is 19.4 Å². The predicted molar refractivity (Wildman–Crippen MR) is 92.3 cm³/mol. The molecule has 0 saturated carbocycles. The minimum absolute atomic E-state index is 0.0560. The number of thiophene rings is 1. The zero-order valence-corrected chi connectivity index (χ0v) is 14.0. The monoisotopic (exact) mass is 359 g/mol. The van der Waals surface area contributed by atoms with Crippen molar-refractivity contribution in [3.8, 4) is 5.75 Å². The maximum atomic E-state index is 12.5. The lowest BCUT2D eigenvalue weighted by molar-refractivity contribution is 0.103. The van der Waals surface area contributed by atoms with Gasteiger partial charge in [-0.25, -0.2) is 8.42 Å². The van der Waals surface area contributed by atoms with Crippen molar-refractivity contribution in [3.05, 3.63) is 71.6 Å². The number of para-hydroxylation sites is 2. The van der Waals surface area contributed by atoms with Gasteiger partial charge in [-0.3, -0.25) is 4.79 Å². The molecule has 122 valence electrons. The number of hydrogen-bond donors (Lipinski definition) is 2. The van der Waals surface area contributed by atoms with Crippen LogP contribution in [0.3, 0.4) is 0 Å². The second kappa shape index (κ2) is 6.46. The van der Waals surface area contributed by atoms with Crippen molar-refractivity contribution in [3.63, 3.8) is 0 Å². The fraction of sp³-hybridized carbons (Fsp3) is 0. The number of anilines is 1. The van der Waals surface area contributed by atoms with Gasteiger partial charge in [-0.2, -0.15) is 0 Å². The minimum atomic E-state index is -3.64. The predicted octanol–water partition coefficient (Wildman–Crippen LogP) is 3.54. The quantitative estimate of drug-likeness (QED) is 0.698. The number of amides is 1. The van der Waals surface area contributed by atoms with E-state index in [-0.39, 0.29) is 25.4 Å². The van der Waals surface area contributed by atoms with Gasteiger partial charge in [-0.05, 0) is 36.4 Å². The topological polar surface area (TPSA) is 83.5 Å². The number of phenols is 1. The van der Waals surface area contributed by atoms with E-state index in [0.29, 0.717) is 0 Å². The largest absolute Gasteiger partial charge is 0.506 e. The first-order valence-electron chi connectivity index (χ1n) is 6.98. The summed E-state index contributed by atoms with van der Waals surface area (Å²) in [6.45, 7) is 0. The van der Waals surface area contributed by atoms with E-state index in [1.165, 1.54) is 30.3 Å². The van der Waals surface area contributed by atoms with E-state index in [4.69, 9.17) is 0 Å². The standard InChI is InChI=1S/C17H13NO4S2/c19-14-9-5-4-8-13(14)18-17(20)15-10-11-16(23-15)24(21,22)12-6-2-1-3-7-12/h1-11,19H,(H,18,20). The molecule has 0 radical (unpaired) electrons. The van der Waals surface area contributed by atoms with Crippen LogP contribution in [0.15, 0.2) is 75.8 Å². The van der Waals surface area contributed by atoms with Crippen molar-refractivity contribution in [2.24, 2.45) is 0 Å². The van der Waals surface area contributed by atoms with Crippen LogP contribution >= 0.6 is 11.3 Å². The minimum Gasteiger partial charge on any atom is -0.506 e. The van der Waals surface area contributed by atoms with Gasteiger partial charge in [0.25, 0.3) is 5.91 Å². The van der Waals surface area contributed by atoms with Gasteiger partial charge in [0.2, 0.25) is 9.84 Å². The SMILES string of the molecule is O=C(Nc1ccccc1O)c1ccc(S(=O)(=O)c2ccccc2)s1. The summed E-state index contributed by atoms with van der Waals surface area (Å²) in [5.74, 6) is -0.532. The highest BCUT2D eigenvalue weighted by molar-refractivity contribution is 7.93. The third-order valence-corrected chi connectivity index (χ3v) is 6.62. The summed E-state index contributed by atoms with van der Waals surface area (Å²) in [4.78, 5) is 12.7. The molecule has 5 nitrogen and oxygen atoms in total. The Bertz CT molecular complexity index is 979. The maximum absolute atomic E-state index is 12.5. The summed E-state index contributed by atoms with van der Waals surface area (Å²) >= 11 is 0.886. The molecule has 1 amide bonds. The molecule has 7 heteroatoms. The normalized spacial score (nSPS) is 11.2. The van der Waals surface area contributed by atoms with E-state index in [9.17, 15) is 18.3 Å². The number of carbonyl (C=O) groups is 1. The van der Waals surface area contributed by atoms with Gasteiger partial charge in [0, 0.05) is 0 Å². The molecule has 0 bridgehead atoms. The van der Waals surface area contributed by atoms with Gasteiger partial charge in [-0.1, -0.05) is 30.3 Å². The molecule has 0 unspecified atom stereocenters. The highest BCUT2D eigenvalue weighted by atomic mass is 32.2. The third kappa shape index (κ3) is 3.17. The van der Waals surface area contributed by atoms with E-state index in [0.717, 1.165) is 11.3 Å². The zero-order chi connectivity index (χ0) is 17.2. The van der Waals surface area contributed by atoms with Gasteiger partial charge < -0.3 is 10.4 Å². The summed E-state index contributed by atoms with van der Waals surface area (Å²) in [5.41, 5.74) is 0.267. The first-order chi connectivity index (χ1) is 11.5. The Hall–Kier alpha value is -2.64. The zero-order valence-electron chi connectivity index (χ0n) is 12.3. The van der Waals surface area contributed by atoms with E-state index in [2.05, 4.69) is 5.32 Å². The molecular formula is C17H13NO4S2. The van der Waals surface area contributed by atoms with Crippen molar-refractivity contribution >= 4 is 32.8 Å². The first kappa shape index (κ1) is 16.2. The fourth-order valence-electron chi connectivity index (χ4n) is 2.07. The Morgan fingerprint density at radius 1 is 0.917 bits per heavy atom. The van der Waals surface area contributed by atoms with Crippen molar-refractivity contribution in [2.75, 3.05) is 5.32 Å². The van der Waals surface area contributed by atoms with Crippen LogP contribution in [0.2, 0.25) is 0 Å². The van der Waals surface area contributed by atoms with Crippen molar-refractivity contribution in [1.82, 2.24) is 0 Å². The van der Waals surface area contributed by atoms with Gasteiger partial charge in [0.1, 0.15) is 9.96 Å². The Morgan fingerprint density at radius 3 is 2.29 bits per heavy atom. The molecular weight excluding hydrogens is 346 g/mol. The van der Waals surface area contributed by atoms with E-state index >= 15 is 0 Å². The number of hydrogen-bond acceptors (Lipinski definition) is 5. The molecule has 3 rings (SSSR count). The van der Waals surface area contributed by atoms with Crippen molar-refractivity contribution in [1.29, 1.82) is 0 Å². The molecule has 3 aromatic rings. The average molecular weight is 359 g/mol. The molecule has 0 aliphatic heterocycles. The molecule has 2 aromatic carbocycles. The van der Waals surface area contributed by atoms with Crippen molar-refractivity contribution < 1.29 is 18.3 Å². The summed E-state index contributed by atoms with van der Waals surface area (Å²) in [6, 6.07) is 17.2. The van der Waals surface area contributed by atoms with Gasteiger partial charge in [0.05, 0.1) is 15.5 Å². The van der Waals surface area contributed by atoms with Crippen LogP contribution in [-0.2, 0) is 9.84 Å². The van der Waals surface area contributed by atoms with Crippen LogP contribution in [0.5, 0.6) is 5.75 Å². The van der Waals surface area contributed by atoms with E-state index in [1.54, 1.807) is 36.4 Å². The molecule has 2 N–H and O–H groups in total. The third-order valence-electron chi connectivity index (χ3n) is 3.28. The summed E-state index contributed by atoms with van der Waals surface area (Å²) < 4.78 is 25.1. The molecule has 0 spiro atoms. The smallest absolute Gasteiger partial charge is 0.265 e. The van der Waals surface area contributed by atoms with E-state index in [1.807, 2.05) is 0 Å². The Labute approximate surface area is 143 Å². The second-order valence-electron chi connectivity index (χ2n) is 4.91. The molecule has 1 heterocycles. The molecule has 0 atom stereocenters. The van der Waals surface area contributed by atoms with E-state index < -0.39 is 15.7 Å². The Balaban J connectivity index is 1.86. The lowest BCUT2D eigenvalue weighted by atomic mass is 10.3. The number of nitrogens with one attached hydrogen (secondary N) is 1. The van der Waals surface area contributed by atoms with Crippen LogP contribution in [0.25, 0.3) is 0 Å². The number of carbonyl (C=O) groups excluding carboxylic acids is 1. The number of benzene rings is 2. The van der Waals surface area contributed by atoms with Crippen LogP contribution < -0.4 is 5.32 Å². The number of rotatable bonds is 4. The van der Waals surface area contributed by atoms with Gasteiger partial charge in [0.15, 0.2) is 0 Å². The number of aromatic hydroxyl groups is 1. The molecule has 0 aliphatic rings. The Kier molecular flexibility index (Phi) is 4.37. The molecule has 0 fully saturated rings. The summed E-state index contributed by atoms with van der Waals surface area (Å²) in [5, 5.41) is 12.2. The van der Waals surface area contributed by atoms with Crippen LogP contribution in [0.1, 0.15) is 9.67 Å². The van der Waals surface area contributed by atoms with Gasteiger partial charge >= 0.3 is 0 Å². The average Bonchev–Trinajstić information content (AvgIpc) is 3.09. The summed E-state index contributed by atoms with van der Waals surface area (Å²) in [7, 11) is -3.64. The first-order valence-corrected chi connectivity index (χ1v) is 9.28. The van der Waals surface area contributed by atoms with Crippen LogP contribution in [0, 0.1) is 0 Å². The highest BCUT2D eigenvalue weighted by Gasteiger charge is 2.21. The fourth-order valence-corrected chi connectivity index (χ4v) is 4.69. The number of phenolic OH excluding ortho intramolecular Hbond substituents is 1. The highest BCUT2D eigenvalue weighted by Crippen LogP contribution is 2.29. The lowest BCUT2D eigenvalue weighted by Gasteiger charge is -2.05. The Morgan fingerprint density at radius 2 is 1.58 bits per heavy atom. The van der Waals surface area contributed by atoms with Crippen LogP contribution in [0.4, 0.5) is 5.69 Å². The molecule has 0 saturated heterocycles. The lowest BCUT2D eigenvalue weighted by Crippen LogP contribution is -2.10. The molecule has 0 aliphatic carbocycles. The van der Waals surface area contributed by atoms with Crippen molar-refractivity contribution in [2.45, 2.75) is 9.10 Å². The molecule has 24 heavy (non-hydrogen) atoms. The molecule has 1 aromatic heterocycles. The number of sulfone groups is 1. The maximum Gasteiger partial charge on any atom is 0.265 e. The summed E-state index contributed by atoms with van der Waals surface area (Å²) in [6.07, 6.45) is 0. The second-order valence-corrected chi connectivity index (χ2v) is 8.17. The van der Waals surface area contributed by atoms with Gasteiger partial charge in [-0.15, -0.1) is 11.3 Å².